The molecule has 0 saturated carbocycles. The van der Waals surface area contributed by atoms with Crippen LogP contribution in [0.15, 0.2) is 24.3 Å². The third-order valence-electron chi connectivity index (χ3n) is 1.75. The van der Waals surface area contributed by atoms with Gasteiger partial charge in [-0.25, -0.2) is 9.59 Å². The zero-order valence-electron chi connectivity index (χ0n) is 8.29. The Morgan fingerprint density at radius 3 is 2.29 bits per heavy atom. The summed E-state index contributed by atoms with van der Waals surface area (Å²) in [5.74, 6) is -2.56. The monoisotopic (exact) mass is 259 g/mol. The topological polar surface area (TPSA) is 95.7 Å². The molecule has 7 nitrogen and oxygen atoms in total. The summed E-state index contributed by atoms with van der Waals surface area (Å²) in [6.45, 7) is -0.206. The molecule has 0 aromatic heterocycles. The first-order chi connectivity index (χ1) is 8.04. The van der Waals surface area contributed by atoms with Crippen LogP contribution in [-0.4, -0.2) is 16.9 Å². The first-order valence-corrected chi connectivity index (χ1v) is 4.58. The summed E-state index contributed by atoms with van der Waals surface area (Å²) in [7, 11) is 0. The molecule has 0 saturated heterocycles. The molecule has 0 heterocycles. The molecule has 0 amide bonds. The number of hydrogen-bond acceptors (Lipinski definition) is 6. The quantitative estimate of drug-likeness (QED) is 0.352. The normalized spacial score (nSPS) is 9.47. The molecule has 0 N–H and O–H groups in total. The minimum absolute atomic E-state index is 0.0831. The van der Waals surface area contributed by atoms with Crippen LogP contribution in [0, 0.1) is 10.1 Å². The standard InChI is InChI=1S/C9H6ClNO6/c10-17-9(13)8(12)16-5-6-1-3-7(4-2-6)11(14)15/h1-4H,5H2. The highest BCUT2D eigenvalue weighted by Gasteiger charge is 2.17. The van der Waals surface area contributed by atoms with Gasteiger partial charge in [-0.2, -0.15) is 0 Å². The van der Waals surface area contributed by atoms with E-state index in [1.165, 1.54) is 24.3 Å². The van der Waals surface area contributed by atoms with Crippen LogP contribution >= 0.6 is 11.9 Å². The molecule has 0 unspecified atom stereocenters. The van der Waals surface area contributed by atoms with Crippen molar-refractivity contribution in [1.29, 1.82) is 0 Å². The van der Waals surface area contributed by atoms with Crippen LogP contribution in [0.1, 0.15) is 5.56 Å². The largest absolute Gasteiger partial charge is 0.452 e. The van der Waals surface area contributed by atoms with Crippen LogP contribution in [0.3, 0.4) is 0 Å². The number of halogens is 1. The third-order valence-corrected chi connectivity index (χ3v) is 1.89. The summed E-state index contributed by atoms with van der Waals surface area (Å²) in [4.78, 5) is 31.2. The van der Waals surface area contributed by atoms with Crippen molar-refractivity contribution >= 4 is 29.5 Å². The second-order valence-corrected chi connectivity index (χ2v) is 3.02. The Balaban J connectivity index is 2.56. The van der Waals surface area contributed by atoms with Crippen LogP contribution in [0.25, 0.3) is 0 Å². The van der Waals surface area contributed by atoms with Gasteiger partial charge in [0.2, 0.25) is 0 Å². The maximum absolute atomic E-state index is 10.8. The Kier molecular flexibility index (Phi) is 4.41. The summed E-state index contributed by atoms with van der Waals surface area (Å²) >= 11 is 4.66. The van der Waals surface area contributed by atoms with Crippen molar-refractivity contribution in [3.63, 3.8) is 0 Å². The summed E-state index contributed by atoms with van der Waals surface area (Å²) in [5, 5.41) is 10.4. The number of rotatable bonds is 3. The number of ether oxygens (including phenoxy) is 1. The van der Waals surface area contributed by atoms with Gasteiger partial charge in [0, 0.05) is 12.1 Å². The fourth-order valence-electron chi connectivity index (χ4n) is 0.953. The van der Waals surface area contributed by atoms with E-state index in [0.29, 0.717) is 5.56 Å². The van der Waals surface area contributed by atoms with Crippen LogP contribution in [-0.2, 0) is 25.2 Å². The van der Waals surface area contributed by atoms with Gasteiger partial charge in [0.1, 0.15) is 18.5 Å². The highest BCUT2D eigenvalue weighted by molar-refractivity contribution is 6.35. The number of nitrogens with zero attached hydrogens (tertiary/aromatic N) is 1. The SMILES string of the molecule is O=C(OCl)C(=O)OCc1ccc([N+](=O)[O-])cc1. The van der Waals surface area contributed by atoms with E-state index in [1.54, 1.807) is 0 Å². The van der Waals surface area contributed by atoms with Gasteiger partial charge in [0.15, 0.2) is 0 Å². The molecule has 1 aromatic rings. The van der Waals surface area contributed by atoms with E-state index >= 15 is 0 Å². The van der Waals surface area contributed by atoms with E-state index in [2.05, 4.69) is 20.9 Å². The van der Waals surface area contributed by atoms with Gasteiger partial charge in [-0.05, 0) is 17.7 Å². The molecule has 0 atom stereocenters. The fraction of sp³-hybridized carbons (Fsp3) is 0.111. The molecular weight excluding hydrogens is 254 g/mol. The number of non-ortho nitro benzene ring substituents is 1. The Bertz CT molecular complexity index is 443. The summed E-state index contributed by atoms with van der Waals surface area (Å²) in [6.07, 6.45) is 0. The number of hydrogen-bond donors (Lipinski definition) is 0. The van der Waals surface area contributed by atoms with Gasteiger partial charge < -0.3 is 9.03 Å². The van der Waals surface area contributed by atoms with Gasteiger partial charge in [-0.15, -0.1) is 0 Å². The van der Waals surface area contributed by atoms with Crippen molar-refractivity contribution in [2.45, 2.75) is 6.61 Å². The molecular formula is C9H6ClNO6. The number of benzene rings is 1. The van der Waals surface area contributed by atoms with Gasteiger partial charge in [0.05, 0.1) is 4.92 Å². The molecule has 90 valence electrons. The Labute approximate surface area is 100 Å². The van der Waals surface area contributed by atoms with Gasteiger partial charge in [-0.1, -0.05) is 0 Å². The molecule has 0 fully saturated rings. The number of nitro benzene ring substituents is 1. The average Bonchev–Trinajstić information content (AvgIpc) is 2.35. The van der Waals surface area contributed by atoms with Crippen molar-refractivity contribution in [3.8, 4) is 0 Å². The van der Waals surface area contributed by atoms with E-state index in [0.717, 1.165) is 0 Å². The molecule has 0 aliphatic rings. The van der Waals surface area contributed by atoms with Crippen molar-refractivity contribution in [2.24, 2.45) is 0 Å². The van der Waals surface area contributed by atoms with E-state index < -0.39 is 16.9 Å². The van der Waals surface area contributed by atoms with Crippen LogP contribution < -0.4 is 0 Å². The lowest BCUT2D eigenvalue weighted by Gasteiger charge is -2.02. The Hall–Kier alpha value is -2.15. The smallest absolute Gasteiger partial charge is 0.435 e. The van der Waals surface area contributed by atoms with Crippen LogP contribution in [0.2, 0.25) is 0 Å². The van der Waals surface area contributed by atoms with E-state index in [1.807, 2.05) is 0 Å². The second-order valence-electron chi connectivity index (χ2n) is 2.86. The third kappa shape index (κ3) is 3.72. The van der Waals surface area contributed by atoms with Crippen molar-refractivity contribution < 1.29 is 23.5 Å². The highest BCUT2D eigenvalue weighted by Crippen LogP contribution is 2.12. The molecule has 0 aliphatic carbocycles. The molecule has 0 aliphatic heterocycles. The van der Waals surface area contributed by atoms with E-state index in [4.69, 9.17) is 0 Å². The maximum atomic E-state index is 10.8. The fourth-order valence-corrected chi connectivity index (χ4v) is 1.02. The molecule has 0 radical (unpaired) electrons. The number of carbonyl (C=O) groups excluding carboxylic acids is 2. The van der Waals surface area contributed by atoms with E-state index in [-0.39, 0.29) is 12.3 Å². The lowest BCUT2D eigenvalue weighted by molar-refractivity contribution is -0.384. The summed E-state index contributed by atoms with van der Waals surface area (Å²) in [6, 6.07) is 5.31. The molecule has 1 rings (SSSR count). The summed E-state index contributed by atoms with van der Waals surface area (Å²) in [5.41, 5.74) is 0.409. The van der Waals surface area contributed by atoms with Gasteiger partial charge >= 0.3 is 11.9 Å². The number of esters is 1. The molecule has 0 bridgehead atoms. The van der Waals surface area contributed by atoms with Crippen molar-refractivity contribution in [1.82, 2.24) is 0 Å². The Morgan fingerprint density at radius 2 is 1.82 bits per heavy atom. The lowest BCUT2D eigenvalue weighted by atomic mass is 10.2. The molecule has 1 aromatic carbocycles. The highest BCUT2D eigenvalue weighted by atomic mass is 35.5. The molecule has 8 heteroatoms. The van der Waals surface area contributed by atoms with Crippen LogP contribution in [0.5, 0.6) is 0 Å². The second kappa shape index (κ2) is 5.80. The Morgan fingerprint density at radius 1 is 1.24 bits per heavy atom. The predicted molar refractivity (Wildman–Crippen MR) is 54.8 cm³/mol. The zero-order chi connectivity index (χ0) is 12.8. The van der Waals surface area contributed by atoms with Crippen LogP contribution in [0.4, 0.5) is 5.69 Å². The van der Waals surface area contributed by atoms with E-state index in [9.17, 15) is 19.7 Å². The summed E-state index contributed by atoms with van der Waals surface area (Å²) < 4.78 is 8.13. The molecule has 0 spiro atoms. The van der Waals surface area contributed by atoms with Crippen molar-refractivity contribution in [2.75, 3.05) is 0 Å². The van der Waals surface area contributed by atoms with Gasteiger partial charge in [-0.3, -0.25) is 10.1 Å². The molecule has 17 heavy (non-hydrogen) atoms. The number of carbonyl (C=O) groups is 2. The first kappa shape index (κ1) is 12.9. The average molecular weight is 260 g/mol. The minimum atomic E-state index is -1.33. The van der Waals surface area contributed by atoms with Gasteiger partial charge in [0.25, 0.3) is 5.69 Å². The maximum Gasteiger partial charge on any atom is 0.435 e. The minimum Gasteiger partial charge on any atom is -0.452 e. The first-order valence-electron chi connectivity index (χ1n) is 4.27. The lowest BCUT2D eigenvalue weighted by Crippen LogP contribution is -2.16. The number of nitro groups is 1. The van der Waals surface area contributed by atoms with Crippen molar-refractivity contribution in [3.05, 3.63) is 39.9 Å². The predicted octanol–water partition coefficient (Wildman–Crippen LogP) is 1.33. The zero-order valence-corrected chi connectivity index (χ0v) is 9.05.